The van der Waals surface area contributed by atoms with E-state index < -0.39 is 11.7 Å². The summed E-state index contributed by atoms with van der Waals surface area (Å²) in [6.45, 7) is 7.37. The first-order valence-corrected chi connectivity index (χ1v) is 10.2. The molecule has 0 radical (unpaired) electrons. The van der Waals surface area contributed by atoms with Gasteiger partial charge in [-0.15, -0.1) is 0 Å². The summed E-state index contributed by atoms with van der Waals surface area (Å²) in [5, 5.41) is 0. The van der Waals surface area contributed by atoms with Gasteiger partial charge in [0.05, 0.1) is 12.1 Å². The van der Waals surface area contributed by atoms with Crippen molar-refractivity contribution in [2.75, 3.05) is 37.6 Å². The van der Waals surface area contributed by atoms with E-state index in [0.29, 0.717) is 45.0 Å². The Morgan fingerprint density at radius 2 is 1.67 bits per heavy atom. The molecule has 1 amide bonds. The fourth-order valence-electron chi connectivity index (χ4n) is 3.66. The molecule has 1 fully saturated rings. The predicted octanol–water partition coefficient (Wildman–Crippen LogP) is 4.26. The van der Waals surface area contributed by atoms with Crippen LogP contribution in [0.25, 0.3) is 0 Å². The standard InChI is InChI=1S/C23H28F3N3O/c1-18(2)29(16-19-7-4-3-5-8-19)22(30)17-27-11-13-28(14-12-27)21-10-6-9-20(15-21)23(24,25)26/h3-10,15,18H,11-14,16-17H2,1-2H3. The Hall–Kier alpha value is -2.54. The van der Waals surface area contributed by atoms with E-state index in [-0.39, 0.29) is 11.9 Å². The SMILES string of the molecule is CC(C)N(Cc1ccccc1)C(=O)CN1CCN(c2cccc(C(F)(F)F)c2)CC1. The van der Waals surface area contributed by atoms with E-state index >= 15 is 0 Å². The van der Waals surface area contributed by atoms with Crippen molar-refractivity contribution in [3.05, 3.63) is 65.7 Å². The highest BCUT2D eigenvalue weighted by Crippen LogP contribution is 2.31. The van der Waals surface area contributed by atoms with Crippen LogP contribution in [0, 0.1) is 0 Å². The first-order valence-electron chi connectivity index (χ1n) is 10.2. The van der Waals surface area contributed by atoms with Crippen molar-refractivity contribution in [3.8, 4) is 0 Å². The Morgan fingerprint density at radius 3 is 2.27 bits per heavy atom. The molecule has 0 aromatic heterocycles. The van der Waals surface area contributed by atoms with Crippen molar-refractivity contribution in [1.82, 2.24) is 9.80 Å². The Kier molecular flexibility index (Phi) is 7.02. The first kappa shape index (κ1) is 22.2. The normalized spacial score (nSPS) is 15.5. The second-order valence-corrected chi connectivity index (χ2v) is 7.91. The van der Waals surface area contributed by atoms with Gasteiger partial charge in [0.1, 0.15) is 0 Å². The highest BCUT2D eigenvalue weighted by atomic mass is 19.4. The number of hydrogen-bond donors (Lipinski definition) is 0. The van der Waals surface area contributed by atoms with Gasteiger partial charge in [0.2, 0.25) is 5.91 Å². The first-order chi connectivity index (χ1) is 14.2. The lowest BCUT2D eigenvalue weighted by Crippen LogP contribution is -2.51. The Balaban J connectivity index is 1.56. The highest BCUT2D eigenvalue weighted by Gasteiger charge is 2.31. The maximum atomic E-state index is 13.0. The Labute approximate surface area is 175 Å². The average molecular weight is 419 g/mol. The summed E-state index contributed by atoms with van der Waals surface area (Å²) >= 11 is 0. The molecule has 7 heteroatoms. The van der Waals surface area contributed by atoms with Crippen LogP contribution in [-0.2, 0) is 17.5 Å². The lowest BCUT2D eigenvalue weighted by molar-refractivity contribution is -0.137. The molecule has 0 saturated carbocycles. The Bertz CT molecular complexity index is 831. The quantitative estimate of drug-likeness (QED) is 0.700. The van der Waals surface area contributed by atoms with E-state index in [0.717, 1.165) is 11.6 Å². The lowest BCUT2D eigenvalue weighted by Gasteiger charge is -2.37. The van der Waals surface area contributed by atoms with Gasteiger partial charge in [0, 0.05) is 44.5 Å². The van der Waals surface area contributed by atoms with E-state index in [1.54, 1.807) is 6.07 Å². The molecule has 0 unspecified atom stereocenters. The summed E-state index contributed by atoms with van der Waals surface area (Å²) in [4.78, 5) is 18.8. The number of nitrogens with zero attached hydrogens (tertiary/aromatic N) is 3. The number of rotatable bonds is 6. The van der Waals surface area contributed by atoms with Crippen LogP contribution in [0.3, 0.4) is 0 Å². The fraction of sp³-hybridized carbons (Fsp3) is 0.435. The van der Waals surface area contributed by atoms with Gasteiger partial charge in [-0.3, -0.25) is 9.69 Å². The van der Waals surface area contributed by atoms with Gasteiger partial charge in [0.15, 0.2) is 0 Å². The van der Waals surface area contributed by atoms with E-state index in [2.05, 4.69) is 4.90 Å². The summed E-state index contributed by atoms with van der Waals surface area (Å²) in [5.41, 5.74) is 1.03. The second-order valence-electron chi connectivity index (χ2n) is 7.91. The third kappa shape index (κ3) is 5.75. The van der Waals surface area contributed by atoms with Crippen LogP contribution < -0.4 is 4.90 Å². The zero-order valence-electron chi connectivity index (χ0n) is 17.4. The molecule has 30 heavy (non-hydrogen) atoms. The molecule has 0 bridgehead atoms. The zero-order valence-corrected chi connectivity index (χ0v) is 17.4. The molecule has 2 aromatic carbocycles. The minimum absolute atomic E-state index is 0.0707. The number of alkyl halides is 3. The molecule has 4 nitrogen and oxygen atoms in total. The topological polar surface area (TPSA) is 26.8 Å². The van der Waals surface area contributed by atoms with Crippen LogP contribution in [0.15, 0.2) is 54.6 Å². The molecule has 2 aromatic rings. The summed E-state index contributed by atoms with van der Waals surface area (Å²) in [6.07, 6.45) is -4.34. The van der Waals surface area contributed by atoms with Crippen molar-refractivity contribution in [1.29, 1.82) is 0 Å². The molecule has 1 heterocycles. The van der Waals surface area contributed by atoms with Gasteiger partial charge in [-0.2, -0.15) is 13.2 Å². The minimum atomic E-state index is -4.34. The third-order valence-corrected chi connectivity index (χ3v) is 5.41. The number of piperazine rings is 1. The third-order valence-electron chi connectivity index (χ3n) is 5.41. The van der Waals surface area contributed by atoms with Crippen LogP contribution in [0.2, 0.25) is 0 Å². The van der Waals surface area contributed by atoms with Crippen molar-refractivity contribution in [3.63, 3.8) is 0 Å². The molecule has 1 saturated heterocycles. The van der Waals surface area contributed by atoms with Gasteiger partial charge in [0.25, 0.3) is 0 Å². The maximum absolute atomic E-state index is 13.0. The lowest BCUT2D eigenvalue weighted by atomic mass is 10.1. The van der Waals surface area contributed by atoms with Crippen LogP contribution >= 0.6 is 0 Å². The van der Waals surface area contributed by atoms with Gasteiger partial charge >= 0.3 is 6.18 Å². The number of hydrogen-bond acceptors (Lipinski definition) is 3. The number of benzene rings is 2. The van der Waals surface area contributed by atoms with Gasteiger partial charge < -0.3 is 9.80 Å². The molecule has 0 spiro atoms. The van der Waals surface area contributed by atoms with Gasteiger partial charge in [-0.25, -0.2) is 0 Å². The average Bonchev–Trinajstić information content (AvgIpc) is 2.72. The van der Waals surface area contributed by atoms with Crippen LogP contribution in [-0.4, -0.2) is 54.5 Å². The smallest absolute Gasteiger partial charge is 0.369 e. The van der Waals surface area contributed by atoms with Crippen LogP contribution in [0.4, 0.5) is 18.9 Å². The van der Waals surface area contributed by atoms with E-state index in [1.165, 1.54) is 12.1 Å². The van der Waals surface area contributed by atoms with Crippen LogP contribution in [0.1, 0.15) is 25.0 Å². The number of amides is 1. The molecule has 3 rings (SSSR count). The molecule has 162 valence electrons. The molecular weight excluding hydrogens is 391 g/mol. The summed E-state index contributed by atoms with van der Waals surface area (Å²) < 4.78 is 38.9. The number of carbonyl (C=O) groups is 1. The molecule has 1 aliphatic rings. The molecule has 0 N–H and O–H groups in total. The fourth-order valence-corrected chi connectivity index (χ4v) is 3.66. The molecule has 0 aliphatic carbocycles. The number of halogens is 3. The van der Waals surface area contributed by atoms with E-state index in [4.69, 9.17) is 0 Å². The van der Waals surface area contributed by atoms with E-state index in [9.17, 15) is 18.0 Å². The summed E-state index contributed by atoms with van der Waals surface area (Å²) in [7, 11) is 0. The molecular formula is C23H28F3N3O. The van der Waals surface area contributed by atoms with Crippen molar-refractivity contribution >= 4 is 11.6 Å². The van der Waals surface area contributed by atoms with Crippen molar-refractivity contribution < 1.29 is 18.0 Å². The van der Waals surface area contributed by atoms with Crippen LogP contribution in [0.5, 0.6) is 0 Å². The van der Waals surface area contributed by atoms with Crippen molar-refractivity contribution in [2.24, 2.45) is 0 Å². The second kappa shape index (κ2) is 9.51. The number of anilines is 1. The zero-order chi connectivity index (χ0) is 21.7. The predicted molar refractivity (Wildman–Crippen MR) is 112 cm³/mol. The highest BCUT2D eigenvalue weighted by molar-refractivity contribution is 5.78. The van der Waals surface area contributed by atoms with E-state index in [1.807, 2.05) is 54.0 Å². The van der Waals surface area contributed by atoms with Gasteiger partial charge in [-0.05, 0) is 37.6 Å². The Morgan fingerprint density at radius 1 is 1.00 bits per heavy atom. The molecule has 0 atom stereocenters. The molecule has 1 aliphatic heterocycles. The largest absolute Gasteiger partial charge is 0.416 e. The monoisotopic (exact) mass is 419 g/mol. The summed E-state index contributed by atoms with van der Waals surface area (Å²) in [6, 6.07) is 15.4. The number of carbonyl (C=O) groups excluding carboxylic acids is 1. The van der Waals surface area contributed by atoms with Gasteiger partial charge in [-0.1, -0.05) is 36.4 Å². The maximum Gasteiger partial charge on any atom is 0.416 e. The minimum Gasteiger partial charge on any atom is -0.369 e. The summed E-state index contributed by atoms with van der Waals surface area (Å²) in [5.74, 6) is 0.0707. The van der Waals surface area contributed by atoms with Crippen molar-refractivity contribution in [2.45, 2.75) is 32.6 Å².